The molecule has 9 heteroatoms. The predicted octanol–water partition coefficient (Wildman–Crippen LogP) is 4.38. The number of nitrogens with zero attached hydrogens (tertiary/aromatic N) is 2. The van der Waals surface area contributed by atoms with Gasteiger partial charge in [0.25, 0.3) is 0 Å². The van der Waals surface area contributed by atoms with Crippen molar-refractivity contribution in [2.45, 2.75) is 64.7 Å². The summed E-state index contributed by atoms with van der Waals surface area (Å²) in [6.07, 6.45) is -0.844. The Balaban J connectivity index is 1.51. The number of hydrogen-bond donors (Lipinski definition) is 1. The number of carbonyl (C=O) groups is 2. The molecule has 2 fully saturated rings. The second kappa shape index (κ2) is 8.81. The molecule has 182 valence electrons. The molecule has 1 aromatic carbocycles. The molecule has 33 heavy (non-hydrogen) atoms. The highest BCUT2D eigenvalue weighted by molar-refractivity contribution is 5.83. The van der Waals surface area contributed by atoms with Crippen molar-refractivity contribution >= 4 is 11.9 Å². The van der Waals surface area contributed by atoms with Gasteiger partial charge in [0.1, 0.15) is 5.75 Å². The molecule has 0 radical (unpaired) electrons. The molecule has 1 aliphatic carbocycles. The quantitative estimate of drug-likeness (QED) is 0.711. The summed E-state index contributed by atoms with van der Waals surface area (Å²) in [6, 6.07) is 3.51. The molecule has 6 nitrogen and oxygen atoms in total. The lowest BCUT2D eigenvalue weighted by Gasteiger charge is -2.41. The number of piperidine rings is 1. The van der Waals surface area contributed by atoms with E-state index in [9.17, 15) is 27.9 Å². The van der Waals surface area contributed by atoms with Crippen LogP contribution in [0.4, 0.5) is 13.2 Å². The van der Waals surface area contributed by atoms with Gasteiger partial charge in [-0.25, -0.2) is 0 Å². The third-order valence-electron chi connectivity index (χ3n) is 7.79. The van der Waals surface area contributed by atoms with Crippen LogP contribution in [0.2, 0.25) is 0 Å². The lowest BCUT2D eigenvalue weighted by Crippen LogP contribution is -2.49. The topological polar surface area (TPSA) is 70.1 Å². The summed E-state index contributed by atoms with van der Waals surface area (Å²) in [7, 11) is 0. The second-order valence-electron chi connectivity index (χ2n) is 9.98. The van der Waals surface area contributed by atoms with E-state index in [4.69, 9.17) is 4.74 Å². The average Bonchev–Trinajstić information content (AvgIpc) is 3.24. The van der Waals surface area contributed by atoms with Crippen LogP contribution < -0.4 is 4.74 Å². The van der Waals surface area contributed by atoms with Crippen LogP contribution in [0.15, 0.2) is 18.2 Å². The summed E-state index contributed by atoms with van der Waals surface area (Å²) in [6.45, 7) is 5.46. The zero-order valence-corrected chi connectivity index (χ0v) is 19.0. The predicted molar refractivity (Wildman–Crippen MR) is 114 cm³/mol. The molecule has 4 rings (SSSR count). The van der Waals surface area contributed by atoms with Crippen LogP contribution in [0.3, 0.4) is 0 Å². The lowest BCUT2D eigenvalue weighted by atomic mass is 9.74. The highest BCUT2D eigenvalue weighted by atomic mass is 19.4. The smallest absolute Gasteiger partial charge is 0.416 e. The fourth-order valence-electron chi connectivity index (χ4n) is 5.73. The molecule has 2 heterocycles. The minimum Gasteiger partial charge on any atom is -0.481 e. The summed E-state index contributed by atoms with van der Waals surface area (Å²) in [5.41, 5.74) is -1.03. The second-order valence-corrected chi connectivity index (χ2v) is 9.98. The molecule has 0 bridgehead atoms. The maximum absolute atomic E-state index is 13.8. The first-order valence-electron chi connectivity index (χ1n) is 11.6. The van der Waals surface area contributed by atoms with Gasteiger partial charge in [-0.15, -0.1) is 0 Å². The van der Waals surface area contributed by atoms with Gasteiger partial charge in [-0.1, -0.05) is 13.8 Å². The number of carboxylic acid groups (broad SMARTS) is 1. The van der Waals surface area contributed by atoms with E-state index in [1.54, 1.807) is 0 Å². The molecule has 1 aromatic rings. The Morgan fingerprint density at radius 2 is 2.00 bits per heavy atom. The van der Waals surface area contributed by atoms with Gasteiger partial charge in [0.15, 0.2) is 6.73 Å². The van der Waals surface area contributed by atoms with Crippen molar-refractivity contribution < 1.29 is 32.6 Å². The maximum atomic E-state index is 13.8. The van der Waals surface area contributed by atoms with Gasteiger partial charge in [-0.2, -0.15) is 13.2 Å². The Labute approximate surface area is 191 Å². The van der Waals surface area contributed by atoms with E-state index in [2.05, 4.69) is 4.90 Å². The number of aliphatic carboxylic acids is 1. The molecule has 0 spiro atoms. The van der Waals surface area contributed by atoms with Crippen LogP contribution in [-0.2, 0) is 22.3 Å². The van der Waals surface area contributed by atoms with Crippen molar-refractivity contribution in [3.8, 4) is 5.75 Å². The van der Waals surface area contributed by atoms with Crippen molar-refractivity contribution in [3.05, 3.63) is 29.3 Å². The van der Waals surface area contributed by atoms with E-state index in [1.165, 1.54) is 11.0 Å². The first-order valence-corrected chi connectivity index (χ1v) is 11.6. The number of halogens is 3. The van der Waals surface area contributed by atoms with Gasteiger partial charge in [0.05, 0.1) is 23.4 Å². The third kappa shape index (κ3) is 4.56. The molecule has 1 amide bonds. The monoisotopic (exact) mass is 468 g/mol. The Morgan fingerprint density at radius 3 is 2.67 bits per heavy atom. The number of hydrogen-bond acceptors (Lipinski definition) is 4. The van der Waals surface area contributed by atoms with Gasteiger partial charge < -0.3 is 14.7 Å². The molecule has 0 aromatic heterocycles. The molecular formula is C24H31F3N2O4. The minimum atomic E-state index is -4.46. The maximum Gasteiger partial charge on any atom is 0.416 e. The first-order chi connectivity index (χ1) is 15.5. The van der Waals surface area contributed by atoms with Crippen LogP contribution in [0.25, 0.3) is 0 Å². The van der Waals surface area contributed by atoms with Gasteiger partial charge in [0.2, 0.25) is 5.91 Å². The van der Waals surface area contributed by atoms with Crippen molar-refractivity contribution in [3.63, 3.8) is 0 Å². The van der Waals surface area contributed by atoms with E-state index in [0.29, 0.717) is 37.1 Å². The zero-order chi connectivity index (χ0) is 24.0. The largest absolute Gasteiger partial charge is 0.481 e. The SMILES string of the molecule is CC(C)[C@]1(C(=O)N2COc3ccc(C(F)(F)F)cc3C2)CC[C@@H](N2CCCC(C(=O)O)C2)C1. The Hall–Kier alpha value is -2.29. The number of fused-ring (bicyclic) bond motifs is 1. The highest BCUT2D eigenvalue weighted by Crippen LogP contribution is 2.48. The van der Waals surface area contributed by atoms with E-state index >= 15 is 0 Å². The normalized spacial score (nSPS) is 28.5. The average molecular weight is 469 g/mol. The number of rotatable bonds is 4. The van der Waals surface area contributed by atoms with E-state index in [-0.39, 0.29) is 37.1 Å². The summed E-state index contributed by atoms with van der Waals surface area (Å²) < 4.78 is 45.1. The fourth-order valence-corrected chi connectivity index (χ4v) is 5.73. The summed E-state index contributed by atoms with van der Waals surface area (Å²) >= 11 is 0. The Kier molecular flexibility index (Phi) is 6.37. The van der Waals surface area contributed by atoms with Crippen LogP contribution in [0, 0.1) is 17.3 Å². The van der Waals surface area contributed by atoms with Crippen LogP contribution in [0.1, 0.15) is 57.1 Å². The number of carboxylic acids is 1. The number of ether oxygens (including phenoxy) is 1. The molecule has 2 aliphatic heterocycles. The number of likely N-dealkylation sites (tertiary alicyclic amines) is 1. The van der Waals surface area contributed by atoms with Gasteiger partial charge in [-0.3, -0.25) is 14.5 Å². The minimum absolute atomic E-state index is 0.0150. The Morgan fingerprint density at radius 1 is 1.24 bits per heavy atom. The lowest BCUT2D eigenvalue weighted by molar-refractivity contribution is -0.150. The van der Waals surface area contributed by atoms with Crippen molar-refractivity contribution in [2.75, 3.05) is 19.8 Å². The number of alkyl halides is 3. The van der Waals surface area contributed by atoms with E-state index in [0.717, 1.165) is 31.5 Å². The summed E-state index contributed by atoms with van der Waals surface area (Å²) in [5.74, 6) is -0.819. The number of amides is 1. The van der Waals surface area contributed by atoms with Gasteiger partial charge in [-0.05, 0) is 62.8 Å². The summed E-state index contributed by atoms with van der Waals surface area (Å²) in [4.78, 5) is 29.0. The first kappa shape index (κ1) is 23.9. The zero-order valence-electron chi connectivity index (χ0n) is 19.0. The Bertz CT molecular complexity index is 919. The fraction of sp³-hybridized carbons (Fsp3) is 0.667. The van der Waals surface area contributed by atoms with Crippen LogP contribution >= 0.6 is 0 Å². The van der Waals surface area contributed by atoms with Crippen LogP contribution in [-0.4, -0.2) is 52.6 Å². The van der Waals surface area contributed by atoms with Crippen molar-refractivity contribution in [2.24, 2.45) is 17.3 Å². The summed E-state index contributed by atoms with van der Waals surface area (Å²) in [5, 5.41) is 9.43. The van der Waals surface area contributed by atoms with Crippen molar-refractivity contribution in [1.82, 2.24) is 9.80 Å². The highest BCUT2D eigenvalue weighted by Gasteiger charge is 2.51. The number of carbonyl (C=O) groups excluding carboxylic acids is 1. The molecule has 3 atom stereocenters. The van der Waals surface area contributed by atoms with E-state index < -0.39 is 23.1 Å². The third-order valence-corrected chi connectivity index (χ3v) is 7.79. The van der Waals surface area contributed by atoms with Crippen molar-refractivity contribution in [1.29, 1.82) is 0 Å². The van der Waals surface area contributed by atoms with Crippen LogP contribution in [0.5, 0.6) is 5.75 Å². The van der Waals surface area contributed by atoms with Gasteiger partial charge >= 0.3 is 12.1 Å². The molecule has 3 aliphatic rings. The standard InChI is InChI=1S/C24H31F3N2O4/c1-15(2)23(8-7-19(11-23)28-9-3-4-16(12-28)21(30)31)22(32)29-13-17-10-18(24(25,26)27)5-6-20(17)33-14-29/h5-6,10,15-16,19H,3-4,7-9,11-14H2,1-2H3,(H,30,31)/t16?,19-,23+/m1/s1. The van der Waals surface area contributed by atoms with E-state index in [1.807, 2.05) is 13.8 Å². The molecule has 1 saturated carbocycles. The number of benzene rings is 1. The van der Waals surface area contributed by atoms with Gasteiger partial charge in [0, 0.05) is 18.2 Å². The molecule has 1 saturated heterocycles. The molecule has 1 unspecified atom stereocenters. The molecular weight excluding hydrogens is 437 g/mol. The molecule has 1 N–H and O–H groups in total.